The fourth-order valence-electron chi connectivity index (χ4n) is 3.28. The number of benzene rings is 1. The van der Waals surface area contributed by atoms with Crippen LogP contribution in [0.25, 0.3) is 10.9 Å². The van der Waals surface area contributed by atoms with Gasteiger partial charge in [0.1, 0.15) is 11.2 Å². The van der Waals surface area contributed by atoms with Gasteiger partial charge in [-0.05, 0) is 85.4 Å². The van der Waals surface area contributed by atoms with Crippen molar-refractivity contribution >= 4 is 23.1 Å². The number of alkyl carbamates (subject to hydrolysis) is 2. The lowest BCUT2D eigenvalue weighted by Gasteiger charge is -2.24. The maximum atomic E-state index is 12.5. The van der Waals surface area contributed by atoms with Gasteiger partial charge in [-0.1, -0.05) is 18.2 Å². The quantitative estimate of drug-likeness (QED) is 0.528. The maximum Gasteiger partial charge on any atom is 0.408 e. The zero-order chi connectivity index (χ0) is 23.9. The van der Waals surface area contributed by atoms with E-state index >= 15 is 0 Å². The predicted molar refractivity (Wildman–Crippen MR) is 127 cm³/mol. The summed E-state index contributed by atoms with van der Waals surface area (Å²) in [5, 5.41) is 6.84. The average Bonchev–Trinajstić information content (AvgIpc) is 2.64. The second kappa shape index (κ2) is 10.7. The maximum absolute atomic E-state index is 12.5. The molecule has 0 saturated heterocycles. The van der Waals surface area contributed by atoms with Crippen molar-refractivity contribution < 1.29 is 19.1 Å². The molecular weight excluding hydrogens is 406 g/mol. The first-order valence-electron chi connectivity index (χ1n) is 11.2. The number of fused-ring (bicyclic) bond motifs is 1. The molecule has 2 rings (SSSR count). The molecule has 2 N–H and O–H groups in total. The summed E-state index contributed by atoms with van der Waals surface area (Å²) in [5.74, 6) is 0. The summed E-state index contributed by atoms with van der Waals surface area (Å²) in [6.45, 7) is 13.5. The normalized spacial score (nSPS) is 12.8. The molecule has 1 atom stereocenters. The molecule has 32 heavy (non-hydrogen) atoms. The van der Waals surface area contributed by atoms with Gasteiger partial charge in [-0.15, -0.1) is 0 Å². The Morgan fingerprint density at radius 2 is 1.59 bits per heavy atom. The monoisotopic (exact) mass is 443 g/mol. The second-order valence-electron chi connectivity index (χ2n) is 10.0. The van der Waals surface area contributed by atoms with Crippen molar-refractivity contribution in [2.24, 2.45) is 0 Å². The minimum absolute atomic E-state index is 0.297. The van der Waals surface area contributed by atoms with E-state index in [9.17, 15) is 9.59 Å². The highest BCUT2D eigenvalue weighted by Crippen LogP contribution is 2.24. The molecule has 7 nitrogen and oxygen atoms in total. The Morgan fingerprint density at radius 1 is 0.969 bits per heavy atom. The number of nitrogens with zero attached hydrogens (tertiary/aromatic N) is 1. The van der Waals surface area contributed by atoms with Crippen LogP contribution < -0.4 is 10.6 Å². The lowest BCUT2D eigenvalue weighted by molar-refractivity contribution is 0.0498. The molecule has 0 unspecified atom stereocenters. The third-order valence-corrected chi connectivity index (χ3v) is 4.58. The molecule has 7 heteroatoms. The molecule has 1 aromatic heterocycles. The van der Waals surface area contributed by atoms with E-state index < -0.39 is 23.4 Å². The summed E-state index contributed by atoms with van der Waals surface area (Å²) >= 11 is 0. The van der Waals surface area contributed by atoms with Crippen LogP contribution in [0.5, 0.6) is 0 Å². The minimum Gasteiger partial charge on any atom is -0.444 e. The molecule has 2 aromatic rings. The Bertz CT molecular complexity index is 929. The zero-order valence-electron chi connectivity index (χ0n) is 20.4. The Hall–Kier alpha value is -2.83. The van der Waals surface area contributed by atoms with Gasteiger partial charge in [0.05, 0.1) is 17.3 Å². The topological polar surface area (TPSA) is 89.6 Å². The third-order valence-electron chi connectivity index (χ3n) is 4.58. The smallest absolute Gasteiger partial charge is 0.408 e. The fraction of sp³-hybridized carbons (Fsp3) is 0.560. The molecular formula is C25H37N3O4. The van der Waals surface area contributed by atoms with Crippen molar-refractivity contribution in [1.82, 2.24) is 15.6 Å². The highest BCUT2D eigenvalue weighted by molar-refractivity contribution is 5.82. The van der Waals surface area contributed by atoms with Crippen LogP contribution in [-0.2, 0) is 9.47 Å². The number of rotatable bonds is 7. The Balaban J connectivity index is 2.05. The number of nitrogens with one attached hydrogen (secondary N) is 2. The Morgan fingerprint density at radius 3 is 2.25 bits per heavy atom. The van der Waals surface area contributed by atoms with E-state index in [4.69, 9.17) is 14.5 Å². The molecule has 0 bridgehead atoms. The molecule has 1 heterocycles. The molecule has 1 aromatic carbocycles. The number of aryl methyl sites for hydroxylation is 1. The molecule has 2 amide bonds. The van der Waals surface area contributed by atoms with Gasteiger partial charge in [-0.2, -0.15) is 0 Å². The van der Waals surface area contributed by atoms with Crippen LogP contribution in [0.4, 0.5) is 9.59 Å². The Labute approximate surface area is 191 Å². The number of ether oxygens (including phenoxy) is 2. The number of amides is 2. The van der Waals surface area contributed by atoms with Crippen LogP contribution >= 0.6 is 0 Å². The number of carbonyl (C=O) groups is 2. The molecule has 0 aliphatic heterocycles. The van der Waals surface area contributed by atoms with Gasteiger partial charge in [0, 0.05) is 11.9 Å². The number of unbranched alkanes of at least 4 members (excludes halogenated alkanes) is 1. The van der Waals surface area contributed by atoms with Crippen molar-refractivity contribution in [1.29, 1.82) is 0 Å². The highest BCUT2D eigenvalue weighted by Gasteiger charge is 2.22. The lowest BCUT2D eigenvalue weighted by atomic mass is 10.0. The third kappa shape index (κ3) is 8.73. The molecule has 0 saturated carbocycles. The van der Waals surface area contributed by atoms with Gasteiger partial charge in [-0.25, -0.2) is 9.59 Å². The highest BCUT2D eigenvalue weighted by atomic mass is 16.6. The Kier molecular flexibility index (Phi) is 8.47. The predicted octanol–water partition coefficient (Wildman–Crippen LogP) is 5.80. The van der Waals surface area contributed by atoms with E-state index in [-0.39, 0.29) is 6.04 Å². The first kappa shape index (κ1) is 25.4. The standard InChI is InChI=1S/C25H37N3O4/c1-17-16-21(27-19-13-9-8-12-18(17)19)20(28-23(30)32-25(5,6)7)14-10-11-15-26-22(29)31-24(2,3)4/h8-9,12-13,16,20H,10-11,14-15H2,1-7H3,(H,26,29)(H,28,30)/t20-/m1/s1. The summed E-state index contributed by atoms with van der Waals surface area (Å²) in [5.41, 5.74) is 1.69. The first-order chi connectivity index (χ1) is 14.8. The van der Waals surface area contributed by atoms with Gasteiger partial charge >= 0.3 is 12.2 Å². The van der Waals surface area contributed by atoms with E-state index in [1.165, 1.54) is 0 Å². The van der Waals surface area contributed by atoms with Crippen molar-refractivity contribution in [3.05, 3.63) is 41.6 Å². The van der Waals surface area contributed by atoms with Gasteiger partial charge in [-0.3, -0.25) is 4.98 Å². The first-order valence-corrected chi connectivity index (χ1v) is 11.2. The summed E-state index contributed by atoms with van der Waals surface area (Å²) in [7, 11) is 0. The van der Waals surface area contributed by atoms with Crippen molar-refractivity contribution in [3.63, 3.8) is 0 Å². The van der Waals surface area contributed by atoms with E-state index in [0.29, 0.717) is 13.0 Å². The van der Waals surface area contributed by atoms with Crippen LogP contribution in [-0.4, -0.2) is 34.9 Å². The van der Waals surface area contributed by atoms with Gasteiger partial charge < -0.3 is 20.1 Å². The molecule has 0 spiro atoms. The SMILES string of the molecule is Cc1cc([C@@H](CCCCNC(=O)OC(C)(C)C)NC(=O)OC(C)(C)C)nc2ccccc12. The van der Waals surface area contributed by atoms with E-state index in [1.54, 1.807) is 0 Å². The summed E-state index contributed by atoms with van der Waals surface area (Å²) in [4.78, 5) is 29.1. The molecule has 0 aliphatic carbocycles. The van der Waals surface area contributed by atoms with Crippen molar-refractivity contribution in [2.75, 3.05) is 6.54 Å². The summed E-state index contributed by atoms with van der Waals surface area (Å²) < 4.78 is 10.7. The molecule has 0 fully saturated rings. The number of aromatic nitrogens is 1. The van der Waals surface area contributed by atoms with Crippen LogP contribution in [0.2, 0.25) is 0 Å². The number of para-hydroxylation sites is 1. The van der Waals surface area contributed by atoms with Crippen molar-refractivity contribution in [2.45, 2.75) is 85.0 Å². The van der Waals surface area contributed by atoms with E-state index in [1.807, 2.05) is 78.8 Å². The molecule has 0 aliphatic rings. The van der Waals surface area contributed by atoms with Gasteiger partial charge in [0.2, 0.25) is 0 Å². The lowest BCUT2D eigenvalue weighted by Crippen LogP contribution is -2.35. The van der Waals surface area contributed by atoms with Gasteiger partial charge in [0.25, 0.3) is 0 Å². The van der Waals surface area contributed by atoms with Crippen LogP contribution in [0, 0.1) is 6.92 Å². The minimum atomic E-state index is -0.585. The van der Waals surface area contributed by atoms with E-state index in [2.05, 4.69) is 10.6 Å². The molecule has 0 radical (unpaired) electrons. The summed E-state index contributed by atoms with van der Waals surface area (Å²) in [6, 6.07) is 9.68. The number of carbonyl (C=O) groups excluding carboxylic acids is 2. The second-order valence-corrected chi connectivity index (χ2v) is 10.0. The van der Waals surface area contributed by atoms with Crippen LogP contribution in [0.1, 0.15) is 78.1 Å². The summed E-state index contributed by atoms with van der Waals surface area (Å²) in [6.07, 6.45) is 1.30. The number of pyridine rings is 1. The van der Waals surface area contributed by atoms with Crippen LogP contribution in [0.3, 0.4) is 0 Å². The van der Waals surface area contributed by atoms with Crippen molar-refractivity contribution in [3.8, 4) is 0 Å². The van der Waals surface area contributed by atoms with Gasteiger partial charge in [0.15, 0.2) is 0 Å². The van der Waals surface area contributed by atoms with E-state index in [0.717, 1.165) is 35.0 Å². The zero-order valence-corrected chi connectivity index (χ0v) is 20.4. The number of hydrogen-bond acceptors (Lipinski definition) is 5. The average molecular weight is 444 g/mol. The number of hydrogen-bond donors (Lipinski definition) is 2. The molecule has 176 valence electrons. The van der Waals surface area contributed by atoms with Crippen LogP contribution in [0.15, 0.2) is 30.3 Å². The fourth-order valence-corrected chi connectivity index (χ4v) is 3.28. The largest absolute Gasteiger partial charge is 0.444 e.